The maximum absolute atomic E-state index is 13.1. The van der Waals surface area contributed by atoms with Crippen molar-refractivity contribution < 1.29 is 22.4 Å². The number of rotatable bonds is 5. The second-order valence-corrected chi connectivity index (χ2v) is 7.49. The van der Waals surface area contributed by atoms with E-state index in [-0.39, 0.29) is 28.7 Å². The summed E-state index contributed by atoms with van der Waals surface area (Å²) in [6, 6.07) is 6.56. The molecule has 1 aromatic carbocycles. The number of furan rings is 1. The number of nitrogens with zero attached hydrogens (tertiary/aromatic N) is 4. The highest BCUT2D eigenvalue weighted by atomic mass is 35.5. The zero-order valence-electron chi connectivity index (χ0n) is 15.8. The predicted molar refractivity (Wildman–Crippen MR) is 109 cm³/mol. The van der Waals surface area contributed by atoms with Crippen LogP contribution in [0.2, 0.25) is 5.02 Å². The number of carbonyl (C=O) groups excluding carboxylic acids is 1. The summed E-state index contributed by atoms with van der Waals surface area (Å²) in [5, 5.41) is 2.96. The fourth-order valence-corrected chi connectivity index (χ4v) is 3.41. The lowest BCUT2D eigenvalue weighted by Gasteiger charge is -2.10. The van der Waals surface area contributed by atoms with Crippen LogP contribution >= 0.6 is 23.4 Å². The Morgan fingerprint density at radius 1 is 1.29 bits per heavy atom. The number of imidazole rings is 1. The molecule has 0 unspecified atom stereocenters. The van der Waals surface area contributed by atoms with Crippen LogP contribution in [0.1, 0.15) is 21.8 Å². The fourth-order valence-electron chi connectivity index (χ4n) is 2.89. The van der Waals surface area contributed by atoms with Gasteiger partial charge in [0.15, 0.2) is 10.9 Å². The second-order valence-electron chi connectivity index (χ2n) is 6.31. The van der Waals surface area contributed by atoms with Crippen LogP contribution < -0.4 is 5.32 Å². The molecule has 0 aliphatic carbocycles. The maximum Gasteiger partial charge on any atom is 0.416 e. The summed E-state index contributed by atoms with van der Waals surface area (Å²) >= 11 is 7.28. The highest BCUT2D eigenvalue weighted by molar-refractivity contribution is 7.98. The van der Waals surface area contributed by atoms with Crippen LogP contribution in [0.25, 0.3) is 11.0 Å². The van der Waals surface area contributed by atoms with Crippen molar-refractivity contribution in [3.8, 4) is 0 Å². The minimum Gasteiger partial charge on any atom is -0.467 e. The third-order valence-corrected chi connectivity index (χ3v) is 5.15. The number of aromatic nitrogens is 4. The molecule has 31 heavy (non-hydrogen) atoms. The summed E-state index contributed by atoms with van der Waals surface area (Å²) in [5.74, 6) is -0.120. The van der Waals surface area contributed by atoms with E-state index in [1.165, 1.54) is 34.9 Å². The molecule has 0 atom stereocenters. The number of anilines is 1. The molecule has 0 radical (unpaired) electrons. The number of carbonyl (C=O) groups is 1. The van der Waals surface area contributed by atoms with Crippen molar-refractivity contribution in [2.45, 2.75) is 17.9 Å². The van der Waals surface area contributed by atoms with E-state index >= 15 is 0 Å². The van der Waals surface area contributed by atoms with Crippen LogP contribution in [0, 0.1) is 0 Å². The number of halogens is 4. The van der Waals surface area contributed by atoms with E-state index in [1.807, 2.05) is 0 Å². The summed E-state index contributed by atoms with van der Waals surface area (Å²) in [6.45, 7) is 0.137. The van der Waals surface area contributed by atoms with Crippen molar-refractivity contribution in [2.24, 2.45) is 0 Å². The molecule has 3 aromatic heterocycles. The summed E-state index contributed by atoms with van der Waals surface area (Å²) < 4.78 is 46.3. The molecule has 1 N–H and O–H groups in total. The number of nitrogens with one attached hydrogen (secondary N) is 1. The Labute approximate surface area is 182 Å². The molecule has 0 aliphatic rings. The van der Waals surface area contributed by atoms with E-state index in [4.69, 9.17) is 16.0 Å². The van der Waals surface area contributed by atoms with Crippen LogP contribution in [-0.2, 0) is 12.7 Å². The number of hydrogen-bond acceptors (Lipinski definition) is 6. The van der Waals surface area contributed by atoms with Crippen molar-refractivity contribution in [2.75, 3.05) is 11.6 Å². The standard InChI is InChI=1S/C19H13ClF3N5O2S/c1-31-18-24-8-12(20)15(26-18)16(29)27-17-25-13-7-10(19(21,22)23)4-5-14(13)28(17)9-11-3-2-6-30-11/h2-8H,9H2,1H3,(H,25,27,29). The number of amides is 1. The Bertz CT molecular complexity index is 1260. The van der Waals surface area contributed by atoms with Crippen LogP contribution in [0.15, 0.2) is 52.4 Å². The van der Waals surface area contributed by atoms with E-state index in [0.717, 1.165) is 12.1 Å². The topological polar surface area (TPSA) is 85.8 Å². The number of hydrogen-bond donors (Lipinski definition) is 1. The summed E-state index contributed by atoms with van der Waals surface area (Å²) in [4.78, 5) is 25.1. The lowest BCUT2D eigenvalue weighted by Crippen LogP contribution is -2.18. The summed E-state index contributed by atoms with van der Waals surface area (Å²) in [6.07, 6.45) is -0.00709. The van der Waals surface area contributed by atoms with Gasteiger partial charge in [-0.05, 0) is 36.6 Å². The predicted octanol–water partition coefficient (Wildman–Crippen LogP) is 5.11. The van der Waals surface area contributed by atoms with Gasteiger partial charge < -0.3 is 8.98 Å². The van der Waals surface area contributed by atoms with Gasteiger partial charge in [0, 0.05) is 0 Å². The first-order valence-corrected chi connectivity index (χ1v) is 10.3. The molecule has 0 aliphatic heterocycles. The molecule has 3 heterocycles. The van der Waals surface area contributed by atoms with Crippen molar-refractivity contribution >= 4 is 46.3 Å². The van der Waals surface area contributed by atoms with E-state index in [2.05, 4.69) is 20.3 Å². The van der Waals surface area contributed by atoms with Gasteiger partial charge >= 0.3 is 6.18 Å². The molecule has 0 saturated heterocycles. The molecular formula is C19H13ClF3N5O2S. The number of fused-ring (bicyclic) bond motifs is 1. The Kier molecular flexibility index (Phi) is 5.63. The van der Waals surface area contributed by atoms with Crippen molar-refractivity contribution in [3.63, 3.8) is 0 Å². The zero-order chi connectivity index (χ0) is 22.2. The lowest BCUT2D eigenvalue weighted by atomic mass is 10.2. The van der Waals surface area contributed by atoms with Crippen LogP contribution in [0.3, 0.4) is 0 Å². The molecule has 4 aromatic rings. The van der Waals surface area contributed by atoms with E-state index in [1.54, 1.807) is 18.4 Å². The summed E-state index contributed by atoms with van der Waals surface area (Å²) in [5.41, 5.74) is -0.467. The van der Waals surface area contributed by atoms with Gasteiger partial charge in [0.05, 0.1) is 40.6 Å². The van der Waals surface area contributed by atoms with E-state index in [9.17, 15) is 18.0 Å². The number of alkyl halides is 3. The zero-order valence-corrected chi connectivity index (χ0v) is 17.3. The highest BCUT2D eigenvalue weighted by Crippen LogP contribution is 2.32. The van der Waals surface area contributed by atoms with Crippen LogP contribution in [-0.4, -0.2) is 31.7 Å². The fraction of sp³-hybridized carbons (Fsp3) is 0.158. The van der Waals surface area contributed by atoms with Crippen molar-refractivity contribution in [3.05, 3.63) is 64.8 Å². The van der Waals surface area contributed by atoms with E-state index in [0.29, 0.717) is 16.4 Å². The van der Waals surface area contributed by atoms with Gasteiger partial charge in [-0.1, -0.05) is 23.4 Å². The van der Waals surface area contributed by atoms with Crippen LogP contribution in [0.4, 0.5) is 19.1 Å². The van der Waals surface area contributed by atoms with Crippen molar-refractivity contribution in [1.29, 1.82) is 0 Å². The first-order valence-electron chi connectivity index (χ1n) is 8.74. The average molecular weight is 468 g/mol. The largest absolute Gasteiger partial charge is 0.467 e. The molecule has 1 amide bonds. The molecule has 0 fully saturated rings. The Balaban J connectivity index is 1.77. The first kappa shape index (κ1) is 21.2. The highest BCUT2D eigenvalue weighted by Gasteiger charge is 2.31. The average Bonchev–Trinajstić information content (AvgIpc) is 3.36. The first-order chi connectivity index (χ1) is 14.8. The van der Waals surface area contributed by atoms with Gasteiger partial charge in [-0.25, -0.2) is 15.0 Å². The summed E-state index contributed by atoms with van der Waals surface area (Å²) in [7, 11) is 0. The van der Waals surface area contributed by atoms with E-state index < -0.39 is 17.6 Å². The molecule has 160 valence electrons. The molecule has 0 bridgehead atoms. The molecule has 7 nitrogen and oxygen atoms in total. The Morgan fingerprint density at radius 2 is 2.10 bits per heavy atom. The third kappa shape index (κ3) is 4.37. The van der Waals surface area contributed by atoms with Gasteiger partial charge in [0.1, 0.15) is 5.76 Å². The third-order valence-electron chi connectivity index (χ3n) is 4.31. The maximum atomic E-state index is 13.1. The number of benzene rings is 1. The van der Waals surface area contributed by atoms with Gasteiger partial charge in [0.25, 0.3) is 5.91 Å². The van der Waals surface area contributed by atoms with Crippen molar-refractivity contribution in [1.82, 2.24) is 19.5 Å². The lowest BCUT2D eigenvalue weighted by molar-refractivity contribution is -0.137. The number of thioether (sulfide) groups is 1. The van der Waals surface area contributed by atoms with Crippen LogP contribution in [0.5, 0.6) is 0 Å². The minimum absolute atomic E-state index is 0.0242. The van der Waals surface area contributed by atoms with Gasteiger partial charge in [0.2, 0.25) is 5.95 Å². The van der Waals surface area contributed by atoms with Gasteiger partial charge in [-0.15, -0.1) is 0 Å². The Hall–Kier alpha value is -3.05. The molecule has 0 saturated carbocycles. The normalized spacial score (nSPS) is 11.8. The van der Waals surface area contributed by atoms with Gasteiger partial charge in [-0.3, -0.25) is 10.1 Å². The minimum atomic E-state index is -4.52. The second kappa shape index (κ2) is 8.23. The monoisotopic (exact) mass is 467 g/mol. The Morgan fingerprint density at radius 3 is 2.77 bits per heavy atom. The quantitative estimate of drug-likeness (QED) is 0.324. The molecule has 4 rings (SSSR count). The molecule has 12 heteroatoms. The smallest absolute Gasteiger partial charge is 0.416 e. The SMILES string of the molecule is CSc1ncc(Cl)c(C(=O)Nc2nc3cc(C(F)(F)F)ccc3n2Cc2ccco2)n1. The molecular weight excluding hydrogens is 455 g/mol. The van der Waals surface area contributed by atoms with Gasteiger partial charge in [-0.2, -0.15) is 13.2 Å². The molecule has 0 spiro atoms.